The van der Waals surface area contributed by atoms with E-state index in [1.54, 1.807) is 0 Å². The predicted octanol–water partition coefficient (Wildman–Crippen LogP) is -0.121. The fourth-order valence-corrected chi connectivity index (χ4v) is 5.02. The first-order valence-electron chi connectivity index (χ1n) is 5.59. The van der Waals surface area contributed by atoms with Gasteiger partial charge < -0.3 is 10.0 Å². The molecule has 5 heteroatoms. The molecule has 1 atom stereocenters. The Morgan fingerprint density at radius 3 is 2.73 bits per heavy atom. The summed E-state index contributed by atoms with van der Waals surface area (Å²) in [6.45, 7) is 3.03. The molecule has 88 valence electrons. The fourth-order valence-electron chi connectivity index (χ4n) is 2.82. The van der Waals surface area contributed by atoms with Gasteiger partial charge >= 0.3 is 0 Å². The van der Waals surface area contributed by atoms with E-state index < -0.39 is 9.84 Å². The molecule has 2 aliphatic rings. The topological polar surface area (TPSA) is 57.6 Å². The second-order valence-corrected chi connectivity index (χ2v) is 7.13. The first-order valence-corrected chi connectivity index (χ1v) is 7.41. The molecule has 1 N–H and O–H groups in total. The van der Waals surface area contributed by atoms with Gasteiger partial charge in [-0.25, -0.2) is 8.42 Å². The highest BCUT2D eigenvalue weighted by Gasteiger charge is 2.46. The molecule has 2 rings (SSSR count). The minimum absolute atomic E-state index is 0.0499. The number of hydrogen-bond acceptors (Lipinski definition) is 4. The van der Waals surface area contributed by atoms with E-state index in [4.69, 9.17) is 5.11 Å². The van der Waals surface area contributed by atoms with Gasteiger partial charge in [0.25, 0.3) is 0 Å². The van der Waals surface area contributed by atoms with Crippen molar-refractivity contribution in [2.75, 3.05) is 37.7 Å². The summed E-state index contributed by atoms with van der Waals surface area (Å²) in [6, 6.07) is 0. The number of rotatable bonds is 3. The SMILES string of the molecule is O=S1(=O)CC[C@]2(CCN(CCCO)C2)C1. The Bertz CT molecular complexity index is 328. The van der Waals surface area contributed by atoms with Gasteiger partial charge in [0.15, 0.2) is 9.84 Å². The van der Waals surface area contributed by atoms with Crippen molar-refractivity contribution >= 4 is 9.84 Å². The van der Waals surface area contributed by atoms with Crippen molar-refractivity contribution < 1.29 is 13.5 Å². The minimum atomic E-state index is -2.76. The van der Waals surface area contributed by atoms with E-state index in [9.17, 15) is 8.42 Å². The Morgan fingerprint density at radius 1 is 1.33 bits per heavy atom. The van der Waals surface area contributed by atoms with Crippen molar-refractivity contribution in [3.05, 3.63) is 0 Å². The molecule has 1 spiro atoms. The van der Waals surface area contributed by atoms with Crippen LogP contribution >= 0.6 is 0 Å². The molecule has 0 aromatic carbocycles. The summed E-state index contributed by atoms with van der Waals surface area (Å²) >= 11 is 0. The second-order valence-electron chi connectivity index (χ2n) is 4.95. The minimum Gasteiger partial charge on any atom is -0.396 e. The summed E-state index contributed by atoms with van der Waals surface area (Å²) in [6.07, 6.45) is 2.64. The van der Waals surface area contributed by atoms with Crippen molar-refractivity contribution in [3.63, 3.8) is 0 Å². The smallest absolute Gasteiger partial charge is 0.150 e. The molecule has 0 bridgehead atoms. The molecule has 0 aliphatic carbocycles. The van der Waals surface area contributed by atoms with Crippen LogP contribution in [0.15, 0.2) is 0 Å². The van der Waals surface area contributed by atoms with Crippen LogP contribution < -0.4 is 0 Å². The number of nitrogens with zero attached hydrogens (tertiary/aromatic N) is 1. The zero-order valence-corrected chi connectivity index (χ0v) is 9.80. The molecule has 0 amide bonds. The summed E-state index contributed by atoms with van der Waals surface area (Å²) in [4.78, 5) is 2.29. The van der Waals surface area contributed by atoms with E-state index in [2.05, 4.69) is 4.90 Å². The fraction of sp³-hybridized carbons (Fsp3) is 1.00. The first-order chi connectivity index (χ1) is 7.05. The lowest BCUT2D eigenvalue weighted by Crippen LogP contribution is -2.29. The zero-order chi connectivity index (χ0) is 10.9. The van der Waals surface area contributed by atoms with E-state index >= 15 is 0 Å². The summed E-state index contributed by atoms with van der Waals surface area (Å²) in [5.41, 5.74) is 0.0499. The van der Waals surface area contributed by atoms with Crippen molar-refractivity contribution in [1.29, 1.82) is 0 Å². The summed E-state index contributed by atoms with van der Waals surface area (Å²) in [7, 11) is -2.76. The van der Waals surface area contributed by atoms with Gasteiger partial charge in [0.2, 0.25) is 0 Å². The third-order valence-electron chi connectivity index (χ3n) is 3.62. The van der Waals surface area contributed by atoms with E-state index in [0.717, 1.165) is 38.9 Å². The maximum atomic E-state index is 11.5. The molecule has 2 saturated heterocycles. The van der Waals surface area contributed by atoms with E-state index in [1.807, 2.05) is 0 Å². The third-order valence-corrected chi connectivity index (χ3v) is 5.50. The van der Waals surface area contributed by atoms with Crippen LogP contribution in [0.2, 0.25) is 0 Å². The Morgan fingerprint density at radius 2 is 2.13 bits per heavy atom. The van der Waals surface area contributed by atoms with Gasteiger partial charge in [-0.15, -0.1) is 0 Å². The largest absolute Gasteiger partial charge is 0.396 e. The molecule has 0 aromatic rings. The Kier molecular flexibility index (Phi) is 3.05. The van der Waals surface area contributed by atoms with E-state index in [-0.39, 0.29) is 12.0 Å². The highest BCUT2D eigenvalue weighted by molar-refractivity contribution is 7.91. The van der Waals surface area contributed by atoms with Crippen LogP contribution in [0.5, 0.6) is 0 Å². The van der Waals surface area contributed by atoms with Crippen LogP contribution in [0.4, 0.5) is 0 Å². The zero-order valence-electron chi connectivity index (χ0n) is 8.98. The highest BCUT2D eigenvalue weighted by Crippen LogP contribution is 2.40. The normalized spacial score (nSPS) is 35.3. The Balaban J connectivity index is 1.92. The summed E-state index contributed by atoms with van der Waals surface area (Å²) in [5, 5.41) is 8.74. The molecule has 15 heavy (non-hydrogen) atoms. The molecule has 0 aromatic heterocycles. The molecule has 2 fully saturated rings. The van der Waals surface area contributed by atoms with E-state index in [1.165, 1.54) is 0 Å². The van der Waals surface area contributed by atoms with Crippen LogP contribution in [0, 0.1) is 5.41 Å². The number of aliphatic hydroxyl groups is 1. The Hall–Kier alpha value is -0.130. The third kappa shape index (κ3) is 2.52. The molecular formula is C10H19NO3S. The summed E-state index contributed by atoms with van der Waals surface area (Å²) < 4.78 is 22.9. The lowest BCUT2D eigenvalue weighted by atomic mass is 9.87. The molecule has 4 nitrogen and oxygen atoms in total. The molecular weight excluding hydrogens is 214 g/mol. The van der Waals surface area contributed by atoms with Crippen molar-refractivity contribution in [2.24, 2.45) is 5.41 Å². The average molecular weight is 233 g/mol. The number of sulfone groups is 1. The van der Waals surface area contributed by atoms with Gasteiger partial charge in [0.1, 0.15) is 0 Å². The molecule has 0 radical (unpaired) electrons. The monoisotopic (exact) mass is 233 g/mol. The van der Waals surface area contributed by atoms with Gasteiger partial charge in [-0.2, -0.15) is 0 Å². The van der Waals surface area contributed by atoms with Gasteiger partial charge in [0.05, 0.1) is 11.5 Å². The van der Waals surface area contributed by atoms with Crippen molar-refractivity contribution in [2.45, 2.75) is 19.3 Å². The number of aliphatic hydroxyl groups excluding tert-OH is 1. The molecule has 2 aliphatic heterocycles. The first kappa shape index (κ1) is 11.4. The highest BCUT2D eigenvalue weighted by atomic mass is 32.2. The molecule has 2 heterocycles. The number of hydrogen-bond donors (Lipinski definition) is 1. The summed E-state index contributed by atoms with van der Waals surface area (Å²) in [5.74, 6) is 0.760. The quantitative estimate of drug-likeness (QED) is 0.738. The lowest BCUT2D eigenvalue weighted by molar-refractivity contribution is 0.232. The molecule has 0 unspecified atom stereocenters. The standard InChI is InChI=1S/C10H19NO3S/c12-6-1-4-11-5-2-10(8-11)3-7-15(13,14)9-10/h12H,1-9H2/t10-/m0/s1. The van der Waals surface area contributed by atoms with Crippen LogP contribution in [0.25, 0.3) is 0 Å². The maximum absolute atomic E-state index is 11.5. The van der Waals surface area contributed by atoms with Crippen LogP contribution in [0.1, 0.15) is 19.3 Å². The van der Waals surface area contributed by atoms with Crippen LogP contribution in [-0.4, -0.2) is 56.2 Å². The molecule has 0 saturated carbocycles. The van der Waals surface area contributed by atoms with E-state index in [0.29, 0.717) is 11.5 Å². The predicted molar refractivity (Wildman–Crippen MR) is 58.5 cm³/mol. The van der Waals surface area contributed by atoms with Crippen molar-refractivity contribution in [3.8, 4) is 0 Å². The maximum Gasteiger partial charge on any atom is 0.150 e. The van der Waals surface area contributed by atoms with Gasteiger partial charge in [0, 0.05) is 19.7 Å². The van der Waals surface area contributed by atoms with Crippen molar-refractivity contribution in [1.82, 2.24) is 4.90 Å². The number of likely N-dealkylation sites (tertiary alicyclic amines) is 1. The second kappa shape index (κ2) is 4.03. The van der Waals surface area contributed by atoms with Gasteiger partial charge in [-0.05, 0) is 31.2 Å². The van der Waals surface area contributed by atoms with Gasteiger partial charge in [-0.1, -0.05) is 0 Å². The lowest BCUT2D eigenvalue weighted by Gasteiger charge is -2.21. The van der Waals surface area contributed by atoms with Gasteiger partial charge in [-0.3, -0.25) is 0 Å². The van der Waals surface area contributed by atoms with Crippen LogP contribution in [0.3, 0.4) is 0 Å². The Labute approximate surface area is 91.2 Å². The average Bonchev–Trinajstić information content (AvgIpc) is 2.68. The van der Waals surface area contributed by atoms with Crippen LogP contribution in [-0.2, 0) is 9.84 Å².